The standard InChI is InChI=1S/C15H26N4O3.ClH/c1-3-16-9-10-17-12(20)11-19-13(21)15(18(2)14(19)22)7-5-4-6-8-15;/h16H,3-11H2,1-2H3,(H,17,20);1H. The number of urea groups is 1. The average molecular weight is 347 g/mol. The topological polar surface area (TPSA) is 81.8 Å². The van der Waals surface area contributed by atoms with E-state index in [0.29, 0.717) is 25.9 Å². The second-order valence-electron chi connectivity index (χ2n) is 6.03. The zero-order valence-electron chi connectivity index (χ0n) is 13.9. The molecule has 0 unspecified atom stereocenters. The number of nitrogens with zero attached hydrogens (tertiary/aromatic N) is 2. The maximum Gasteiger partial charge on any atom is 0.327 e. The molecule has 7 nitrogen and oxygen atoms in total. The summed E-state index contributed by atoms with van der Waals surface area (Å²) in [5, 5.41) is 5.82. The Kier molecular flexibility index (Phi) is 7.28. The Morgan fingerprint density at radius 3 is 2.43 bits per heavy atom. The molecule has 0 atom stereocenters. The summed E-state index contributed by atoms with van der Waals surface area (Å²) in [5.74, 6) is -0.498. The number of halogens is 1. The summed E-state index contributed by atoms with van der Waals surface area (Å²) in [6.45, 7) is 3.81. The maximum absolute atomic E-state index is 12.7. The molecule has 0 aromatic rings. The summed E-state index contributed by atoms with van der Waals surface area (Å²) in [6, 6.07) is -0.353. The first kappa shape index (κ1) is 19.7. The van der Waals surface area contributed by atoms with E-state index in [0.717, 1.165) is 30.7 Å². The number of likely N-dealkylation sites (N-methyl/N-ethyl adjacent to an activating group) is 2. The Hall–Kier alpha value is -1.34. The summed E-state index contributed by atoms with van der Waals surface area (Å²) in [5.41, 5.74) is -0.709. The number of carbonyl (C=O) groups is 3. The van der Waals surface area contributed by atoms with Gasteiger partial charge in [0.1, 0.15) is 12.1 Å². The van der Waals surface area contributed by atoms with Gasteiger partial charge in [0, 0.05) is 20.1 Å². The van der Waals surface area contributed by atoms with E-state index >= 15 is 0 Å². The molecule has 1 aliphatic carbocycles. The van der Waals surface area contributed by atoms with Crippen LogP contribution in [0.5, 0.6) is 0 Å². The maximum atomic E-state index is 12.7. The van der Waals surface area contributed by atoms with Crippen molar-refractivity contribution in [2.24, 2.45) is 0 Å². The minimum Gasteiger partial charge on any atom is -0.353 e. The fourth-order valence-corrected chi connectivity index (χ4v) is 3.34. The van der Waals surface area contributed by atoms with Crippen LogP contribution in [0.2, 0.25) is 0 Å². The lowest BCUT2D eigenvalue weighted by Crippen LogP contribution is -2.49. The van der Waals surface area contributed by atoms with Crippen molar-refractivity contribution < 1.29 is 14.4 Å². The third-order valence-electron chi connectivity index (χ3n) is 4.66. The van der Waals surface area contributed by atoms with E-state index in [1.807, 2.05) is 6.92 Å². The van der Waals surface area contributed by atoms with Crippen LogP contribution >= 0.6 is 12.4 Å². The van der Waals surface area contributed by atoms with Crippen LogP contribution in [-0.2, 0) is 9.59 Å². The van der Waals surface area contributed by atoms with Crippen LogP contribution in [0.15, 0.2) is 0 Å². The highest BCUT2D eigenvalue weighted by atomic mass is 35.5. The molecule has 0 radical (unpaired) electrons. The van der Waals surface area contributed by atoms with Crippen molar-refractivity contribution in [1.82, 2.24) is 20.4 Å². The molecule has 1 saturated carbocycles. The zero-order valence-corrected chi connectivity index (χ0v) is 14.7. The molecule has 8 heteroatoms. The van der Waals surface area contributed by atoms with Crippen molar-refractivity contribution in [2.75, 3.05) is 33.2 Å². The van der Waals surface area contributed by atoms with Crippen LogP contribution in [0.1, 0.15) is 39.0 Å². The van der Waals surface area contributed by atoms with E-state index in [1.54, 1.807) is 11.9 Å². The van der Waals surface area contributed by atoms with Gasteiger partial charge >= 0.3 is 6.03 Å². The minimum absolute atomic E-state index is 0. The molecule has 1 saturated heterocycles. The van der Waals surface area contributed by atoms with E-state index in [4.69, 9.17) is 0 Å². The molecule has 23 heavy (non-hydrogen) atoms. The number of nitrogens with one attached hydrogen (secondary N) is 2. The highest BCUT2D eigenvalue weighted by Crippen LogP contribution is 2.39. The minimum atomic E-state index is -0.709. The molecule has 4 amide bonds. The first-order valence-corrected chi connectivity index (χ1v) is 8.10. The van der Waals surface area contributed by atoms with Gasteiger partial charge in [-0.2, -0.15) is 0 Å². The molecule has 1 heterocycles. The van der Waals surface area contributed by atoms with Crippen LogP contribution < -0.4 is 10.6 Å². The van der Waals surface area contributed by atoms with Crippen LogP contribution in [0.4, 0.5) is 4.79 Å². The molecule has 0 aromatic carbocycles. The van der Waals surface area contributed by atoms with E-state index in [1.165, 1.54) is 0 Å². The highest BCUT2D eigenvalue weighted by Gasteiger charge is 2.55. The fraction of sp³-hybridized carbons (Fsp3) is 0.800. The van der Waals surface area contributed by atoms with Gasteiger partial charge in [0.05, 0.1) is 0 Å². The molecule has 0 bridgehead atoms. The van der Waals surface area contributed by atoms with Gasteiger partial charge in [-0.3, -0.25) is 14.5 Å². The van der Waals surface area contributed by atoms with Crippen LogP contribution in [0.3, 0.4) is 0 Å². The quantitative estimate of drug-likeness (QED) is 0.549. The van der Waals surface area contributed by atoms with Gasteiger partial charge in [-0.25, -0.2) is 4.79 Å². The molecule has 2 aliphatic rings. The molecule has 132 valence electrons. The van der Waals surface area contributed by atoms with Gasteiger partial charge in [0.2, 0.25) is 5.91 Å². The van der Waals surface area contributed by atoms with E-state index in [9.17, 15) is 14.4 Å². The average Bonchev–Trinajstić information content (AvgIpc) is 2.69. The monoisotopic (exact) mass is 346 g/mol. The Morgan fingerprint density at radius 2 is 1.83 bits per heavy atom. The van der Waals surface area contributed by atoms with Crippen LogP contribution in [0.25, 0.3) is 0 Å². The summed E-state index contributed by atoms with van der Waals surface area (Å²) >= 11 is 0. The van der Waals surface area contributed by atoms with Crippen LogP contribution in [0, 0.1) is 0 Å². The molecule has 1 aliphatic heterocycles. The lowest BCUT2D eigenvalue weighted by atomic mass is 9.81. The largest absolute Gasteiger partial charge is 0.353 e. The van der Waals surface area contributed by atoms with Crippen molar-refractivity contribution in [3.8, 4) is 0 Å². The predicted molar refractivity (Wildman–Crippen MR) is 89.5 cm³/mol. The van der Waals surface area contributed by atoms with Crippen molar-refractivity contribution in [3.63, 3.8) is 0 Å². The van der Waals surface area contributed by atoms with Gasteiger partial charge in [-0.1, -0.05) is 26.2 Å². The van der Waals surface area contributed by atoms with E-state index in [-0.39, 0.29) is 36.8 Å². The SMILES string of the molecule is CCNCCNC(=O)CN1C(=O)N(C)C2(CCCCC2)C1=O.Cl. The first-order chi connectivity index (χ1) is 10.5. The third-order valence-corrected chi connectivity index (χ3v) is 4.66. The summed E-state index contributed by atoms with van der Waals surface area (Å²) < 4.78 is 0. The number of carbonyl (C=O) groups excluding carboxylic acids is 3. The Labute approximate surface area is 143 Å². The number of imide groups is 1. The predicted octanol–water partition coefficient (Wildman–Crippen LogP) is 0.731. The number of hydrogen-bond acceptors (Lipinski definition) is 4. The molecule has 2 N–H and O–H groups in total. The molecular weight excluding hydrogens is 320 g/mol. The Balaban J connectivity index is 0.00000264. The number of hydrogen-bond donors (Lipinski definition) is 2. The van der Waals surface area contributed by atoms with E-state index < -0.39 is 5.54 Å². The van der Waals surface area contributed by atoms with E-state index in [2.05, 4.69) is 10.6 Å². The lowest BCUT2D eigenvalue weighted by molar-refractivity contribution is -0.137. The third kappa shape index (κ3) is 3.95. The summed E-state index contributed by atoms with van der Waals surface area (Å²) in [6.07, 6.45) is 4.40. The van der Waals surface area contributed by atoms with Crippen molar-refractivity contribution in [3.05, 3.63) is 0 Å². The number of rotatable bonds is 6. The normalized spacial score (nSPS) is 19.9. The van der Waals surface area contributed by atoms with Gasteiger partial charge in [-0.15, -0.1) is 12.4 Å². The molecule has 2 fully saturated rings. The molecular formula is C15H27ClN4O3. The molecule has 1 spiro atoms. The Morgan fingerprint density at radius 1 is 1.17 bits per heavy atom. The van der Waals surface area contributed by atoms with Gasteiger partial charge in [-0.05, 0) is 19.4 Å². The van der Waals surface area contributed by atoms with Crippen LogP contribution in [-0.4, -0.2) is 66.4 Å². The zero-order chi connectivity index (χ0) is 16.2. The van der Waals surface area contributed by atoms with Gasteiger partial charge in [0.15, 0.2) is 0 Å². The molecule has 2 rings (SSSR count). The van der Waals surface area contributed by atoms with Crippen molar-refractivity contribution >= 4 is 30.3 Å². The summed E-state index contributed by atoms with van der Waals surface area (Å²) in [7, 11) is 1.68. The number of amides is 4. The van der Waals surface area contributed by atoms with Crippen molar-refractivity contribution in [1.29, 1.82) is 0 Å². The second kappa shape index (κ2) is 8.49. The highest BCUT2D eigenvalue weighted by molar-refractivity contribution is 6.08. The lowest BCUT2D eigenvalue weighted by Gasteiger charge is -2.35. The summed E-state index contributed by atoms with van der Waals surface area (Å²) in [4.78, 5) is 39.6. The smallest absolute Gasteiger partial charge is 0.327 e. The Bertz CT molecular complexity index is 452. The molecule has 0 aromatic heterocycles. The first-order valence-electron chi connectivity index (χ1n) is 8.10. The fourth-order valence-electron chi connectivity index (χ4n) is 3.34. The van der Waals surface area contributed by atoms with Gasteiger partial charge in [0.25, 0.3) is 5.91 Å². The van der Waals surface area contributed by atoms with Gasteiger partial charge < -0.3 is 15.5 Å². The van der Waals surface area contributed by atoms with Crippen molar-refractivity contribution in [2.45, 2.75) is 44.6 Å². The second-order valence-corrected chi connectivity index (χ2v) is 6.03.